The molecule has 43 heavy (non-hydrogen) atoms. The van der Waals surface area contributed by atoms with Crippen LogP contribution in [0.3, 0.4) is 0 Å². The normalized spacial score (nSPS) is 10.9. The molecule has 0 heterocycles. The molecule has 8 nitrogen and oxygen atoms in total. The third kappa shape index (κ3) is 38.4. The second-order valence-electron chi connectivity index (χ2n) is 12.0. The molecule has 0 aliphatic heterocycles. The van der Waals surface area contributed by atoms with Gasteiger partial charge in [0, 0.05) is 31.7 Å². The molecule has 0 amide bonds. The van der Waals surface area contributed by atoms with E-state index in [2.05, 4.69) is 83.6 Å². The summed E-state index contributed by atoms with van der Waals surface area (Å²) >= 11 is 0. The Morgan fingerprint density at radius 3 is 1.51 bits per heavy atom. The number of ether oxygens (including phenoxy) is 3. The van der Waals surface area contributed by atoms with Crippen molar-refractivity contribution in [2.24, 2.45) is 11.8 Å². The molecule has 1 aromatic carbocycles. The number of hydrogen-bond acceptors (Lipinski definition) is 8. The zero-order valence-electron chi connectivity index (χ0n) is 30.5. The number of carbonyl (C=O) groups excluding carboxylic acids is 1. The molecular formula is C35H71N3O5. The standard InChI is InChI=1S/C15H22O2.C10H24N2O2.C8H19NO.C2H6/c1-11(2)9-13-5-7-14(8-6-13)10-17-15(16)12(3)4;1-9(2)11-5-8-14-12-6-7-13-10(3)4;1-7(2)9-5-6-10-8(3)4;1-2/h5-8,11-12H,9-10H2,1-4H3;9-12H,5-8H2,1-4H3;7-9H,5-6H2,1-4H3;1-2H3. The van der Waals surface area contributed by atoms with Gasteiger partial charge in [-0.15, -0.1) is 0 Å². The largest absolute Gasteiger partial charge is 0.461 e. The monoisotopic (exact) mass is 614 g/mol. The van der Waals surface area contributed by atoms with E-state index < -0.39 is 0 Å². The van der Waals surface area contributed by atoms with Crippen molar-refractivity contribution < 1.29 is 23.8 Å². The summed E-state index contributed by atoms with van der Waals surface area (Å²) in [7, 11) is 0. The number of hydrogen-bond donors (Lipinski definition) is 3. The molecule has 0 radical (unpaired) electrons. The molecule has 0 bridgehead atoms. The van der Waals surface area contributed by atoms with Crippen LogP contribution in [0.1, 0.15) is 108 Å². The third-order valence-corrected chi connectivity index (χ3v) is 5.14. The lowest BCUT2D eigenvalue weighted by Crippen LogP contribution is -2.30. The molecule has 0 unspecified atom stereocenters. The van der Waals surface area contributed by atoms with Crippen LogP contribution in [-0.2, 0) is 36.9 Å². The summed E-state index contributed by atoms with van der Waals surface area (Å²) < 4.78 is 15.8. The highest BCUT2D eigenvalue weighted by molar-refractivity contribution is 5.71. The summed E-state index contributed by atoms with van der Waals surface area (Å²) in [4.78, 5) is 16.5. The molecule has 0 atom stereocenters. The van der Waals surface area contributed by atoms with E-state index in [1.807, 2.05) is 53.7 Å². The smallest absolute Gasteiger partial charge is 0.308 e. The van der Waals surface area contributed by atoms with Crippen LogP contribution in [0.15, 0.2) is 24.3 Å². The van der Waals surface area contributed by atoms with Gasteiger partial charge in [0.25, 0.3) is 0 Å². The molecule has 8 heteroatoms. The van der Waals surface area contributed by atoms with Gasteiger partial charge in [0.2, 0.25) is 0 Å². The minimum absolute atomic E-state index is 0.0600. The van der Waals surface area contributed by atoms with Crippen molar-refractivity contribution in [2.45, 2.75) is 134 Å². The van der Waals surface area contributed by atoms with Crippen molar-refractivity contribution in [1.29, 1.82) is 0 Å². The van der Waals surface area contributed by atoms with E-state index in [1.165, 1.54) is 5.56 Å². The summed E-state index contributed by atoms with van der Waals surface area (Å²) in [5, 5.41) is 6.53. The van der Waals surface area contributed by atoms with Crippen molar-refractivity contribution in [1.82, 2.24) is 16.1 Å². The molecule has 1 rings (SSSR count). The van der Waals surface area contributed by atoms with Crippen molar-refractivity contribution >= 4 is 5.97 Å². The number of benzene rings is 1. The molecule has 0 saturated carbocycles. The van der Waals surface area contributed by atoms with Crippen molar-refractivity contribution in [3.05, 3.63) is 35.4 Å². The first kappa shape index (κ1) is 45.9. The Morgan fingerprint density at radius 2 is 1.09 bits per heavy atom. The lowest BCUT2D eigenvalue weighted by molar-refractivity contribution is -0.148. The molecule has 0 saturated heterocycles. The Morgan fingerprint density at radius 1 is 0.651 bits per heavy atom. The first-order valence-corrected chi connectivity index (χ1v) is 16.5. The molecule has 3 N–H and O–H groups in total. The van der Waals surface area contributed by atoms with Crippen LogP contribution in [0.2, 0.25) is 0 Å². The maximum absolute atomic E-state index is 11.3. The Hall–Kier alpha value is -1.55. The minimum Gasteiger partial charge on any atom is -0.461 e. The lowest BCUT2D eigenvalue weighted by Gasteiger charge is -2.10. The van der Waals surface area contributed by atoms with E-state index in [-0.39, 0.29) is 11.9 Å². The Kier molecular flexibility index (Phi) is 34.0. The number of hydroxylamine groups is 1. The summed E-state index contributed by atoms with van der Waals surface area (Å²) in [5.41, 5.74) is 5.23. The number of carbonyl (C=O) groups is 1. The molecule has 0 fully saturated rings. The second kappa shape index (κ2) is 31.9. The van der Waals surface area contributed by atoms with Crippen LogP contribution in [0.25, 0.3) is 0 Å². The zero-order valence-corrected chi connectivity index (χ0v) is 30.5. The Labute approximate surface area is 266 Å². The first-order valence-electron chi connectivity index (χ1n) is 16.5. The first-order chi connectivity index (χ1) is 20.2. The number of nitrogens with one attached hydrogen (secondary N) is 3. The fraction of sp³-hybridized carbons (Fsp3) is 0.800. The van der Waals surface area contributed by atoms with Gasteiger partial charge in [-0.25, -0.2) is 5.48 Å². The van der Waals surface area contributed by atoms with Crippen LogP contribution < -0.4 is 16.1 Å². The number of esters is 1. The maximum Gasteiger partial charge on any atom is 0.308 e. The highest BCUT2D eigenvalue weighted by atomic mass is 16.6. The average molecular weight is 614 g/mol. The predicted octanol–water partition coefficient (Wildman–Crippen LogP) is 6.95. The molecule has 0 aromatic heterocycles. The van der Waals surface area contributed by atoms with Crippen LogP contribution in [-0.4, -0.2) is 69.7 Å². The summed E-state index contributed by atoms with van der Waals surface area (Å²) in [6.45, 7) is 33.9. The molecule has 0 aliphatic rings. The van der Waals surface area contributed by atoms with Crippen molar-refractivity contribution in [3.63, 3.8) is 0 Å². The molecule has 0 spiro atoms. The van der Waals surface area contributed by atoms with E-state index >= 15 is 0 Å². The van der Waals surface area contributed by atoms with E-state index in [1.54, 1.807) is 0 Å². The van der Waals surface area contributed by atoms with Crippen LogP contribution in [0.5, 0.6) is 0 Å². The zero-order chi connectivity index (χ0) is 33.6. The molecule has 256 valence electrons. The van der Waals surface area contributed by atoms with Gasteiger partial charge in [-0.1, -0.05) is 93.5 Å². The molecule has 0 aliphatic carbocycles. The van der Waals surface area contributed by atoms with Crippen LogP contribution in [0.4, 0.5) is 0 Å². The quantitative estimate of drug-likeness (QED) is 0.0878. The van der Waals surface area contributed by atoms with Gasteiger partial charge in [0.1, 0.15) is 6.61 Å². The van der Waals surface area contributed by atoms with Crippen LogP contribution in [0, 0.1) is 11.8 Å². The van der Waals surface area contributed by atoms with Gasteiger partial charge < -0.3 is 29.7 Å². The van der Waals surface area contributed by atoms with Gasteiger partial charge in [0.05, 0.1) is 37.9 Å². The topological polar surface area (TPSA) is 90.1 Å². The lowest BCUT2D eigenvalue weighted by atomic mass is 10.0. The van der Waals surface area contributed by atoms with E-state index in [0.29, 0.717) is 50.0 Å². The fourth-order valence-electron chi connectivity index (χ4n) is 3.09. The predicted molar refractivity (Wildman–Crippen MR) is 183 cm³/mol. The average Bonchev–Trinajstić information content (AvgIpc) is 2.93. The van der Waals surface area contributed by atoms with Crippen molar-refractivity contribution in [2.75, 3.05) is 39.5 Å². The van der Waals surface area contributed by atoms with E-state index in [0.717, 1.165) is 38.2 Å². The second-order valence-corrected chi connectivity index (χ2v) is 12.0. The summed E-state index contributed by atoms with van der Waals surface area (Å²) in [5.74, 6) is 0.464. The highest BCUT2D eigenvalue weighted by Gasteiger charge is 2.08. The van der Waals surface area contributed by atoms with Crippen molar-refractivity contribution in [3.8, 4) is 0 Å². The Bertz CT molecular complexity index is 684. The summed E-state index contributed by atoms with van der Waals surface area (Å²) in [6, 6.07) is 9.37. The molecule has 1 aromatic rings. The van der Waals surface area contributed by atoms with Gasteiger partial charge in [0.15, 0.2) is 0 Å². The van der Waals surface area contributed by atoms with Gasteiger partial charge >= 0.3 is 5.97 Å². The van der Waals surface area contributed by atoms with Gasteiger partial charge in [-0.3, -0.25) is 4.79 Å². The Balaban J connectivity index is -0.000000560. The SMILES string of the molecule is CC.CC(C)Cc1ccc(COC(=O)C(C)C)cc1.CC(C)NCCOC(C)C.CC(C)NCCONCCOC(C)C. The third-order valence-electron chi connectivity index (χ3n) is 5.14. The van der Waals surface area contributed by atoms with E-state index in [4.69, 9.17) is 19.0 Å². The van der Waals surface area contributed by atoms with Gasteiger partial charge in [-0.2, -0.15) is 0 Å². The number of rotatable bonds is 19. The molecular weight excluding hydrogens is 542 g/mol. The fourth-order valence-corrected chi connectivity index (χ4v) is 3.09. The van der Waals surface area contributed by atoms with Crippen LogP contribution >= 0.6 is 0 Å². The maximum atomic E-state index is 11.3. The van der Waals surface area contributed by atoms with E-state index in [9.17, 15) is 4.79 Å². The van der Waals surface area contributed by atoms with Gasteiger partial charge in [-0.05, 0) is 51.2 Å². The summed E-state index contributed by atoms with van der Waals surface area (Å²) in [6.07, 6.45) is 1.74. The minimum atomic E-state index is -0.142. The highest BCUT2D eigenvalue weighted by Crippen LogP contribution is 2.11.